The van der Waals surface area contributed by atoms with Gasteiger partial charge in [0.2, 0.25) is 11.8 Å². The Balaban J connectivity index is 1.37. The number of nitrogens with one attached hydrogen (secondary N) is 1. The number of nitrogens with two attached hydrogens (primary N) is 1. The first-order valence-corrected chi connectivity index (χ1v) is 11.0. The van der Waals surface area contributed by atoms with Gasteiger partial charge in [-0.05, 0) is 36.2 Å². The molecule has 0 saturated carbocycles. The molecule has 0 bridgehead atoms. The number of amides is 1. The molecular formula is C24H23FN6O4. The molecule has 0 aliphatic carbocycles. The van der Waals surface area contributed by atoms with Crippen molar-refractivity contribution < 1.29 is 23.4 Å². The molecule has 1 aliphatic heterocycles. The third kappa shape index (κ3) is 4.85. The van der Waals surface area contributed by atoms with Crippen LogP contribution in [0.3, 0.4) is 0 Å². The molecule has 0 spiro atoms. The molecule has 4 aromatic rings. The number of aromatic nitrogens is 4. The van der Waals surface area contributed by atoms with Crippen LogP contribution in [0.15, 0.2) is 48.8 Å². The van der Waals surface area contributed by atoms with Crippen LogP contribution in [0.1, 0.15) is 28.8 Å². The summed E-state index contributed by atoms with van der Waals surface area (Å²) in [7, 11) is 1.44. The Kier molecular flexibility index (Phi) is 6.15. The zero-order valence-electron chi connectivity index (χ0n) is 18.9. The normalized spacial score (nSPS) is 15.3. The highest BCUT2D eigenvalue weighted by Crippen LogP contribution is 2.27. The summed E-state index contributed by atoms with van der Waals surface area (Å²) in [5.41, 5.74) is 8.56. The van der Waals surface area contributed by atoms with Crippen LogP contribution in [0, 0.1) is 5.82 Å². The van der Waals surface area contributed by atoms with Crippen LogP contribution in [-0.2, 0) is 11.3 Å². The Morgan fingerprint density at radius 2 is 2.17 bits per heavy atom. The maximum absolute atomic E-state index is 13.8. The van der Waals surface area contributed by atoms with Gasteiger partial charge in [-0.2, -0.15) is 4.98 Å². The smallest absolute Gasteiger partial charge is 0.257 e. The molecular weight excluding hydrogens is 455 g/mol. The van der Waals surface area contributed by atoms with Gasteiger partial charge in [-0.15, -0.1) is 5.10 Å². The molecule has 1 amide bonds. The van der Waals surface area contributed by atoms with Crippen molar-refractivity contribution in [3.63, 3.8) is 0 Å². The first-order valence-electron chi connectivity index (χ1n) is 11.0. The van der Waals surface area contributed by atoms with Crippen LogP contribution in [-0.4, -0.2) is 45.5 Å². The van der Waals surface area contributed by atoms with Crippen molar-refractivity contribution in [2.45, 2.75) is 25.7 Å². The molecule has 1 aromatic carbocycles. The second kappa shape index (κ2) is 9.55. The van der Waals surface area contributed by atoms with Gasteiger partial charge in [0.1, 0.15) is 17.1 Å². The molecule has 35 heavy (non-hydrogen) atoms. The molecule has 1 atom stereocenters. The van der Waals surface area contributed by atoms with Gasteiger partial charge < -0.3 is 25.3 Å². The molecule has 10 nitrogen and oxygen atoms in total. The Labute approximate surface area is 199 Å². The van der Waals surface area contributed by atoms with E-state index >= 15 is 0 Å². The van der Waals surface area contributed by atoms with Crippen LogP contribution in [0.2, 0.25) is 0 Å². The van der Waals surface area contributed by atoms with E-state index in [0.717, 1.165) is 18.4 Å². The van der Waals surface area contributed by atoms with Gasteiger partial charge >= 0.3 is 0 Å². The number of rotatable bonds is 7. The molecule has 1 saturated heterocycles. The monoisotopic (exact) mass is 478 g/mol. The van der Waals surface area contributed by atoms with Gasteiger partial charge in [-0.25, -0.2) is 13.9 Å². The van der Waals surface area contributed by atoms with Crippen molar-refractivity contribution in [3.05, 3.63) is 65.7 Å². The predicted molar refractivity (Wildman–Crippen MR) is 124 cm³/mol. The average Bonchev–Trinajstić information content (AvgIpc) is 3.51. The number of carbonyl (C=O) groups is 1. The highest BCUT2D eigenvalue weighted by molar-refractivity contribution is 5.97. The Morgan fingerprint density at radius 1 is 1.29 bits per heavy atom. The maximum atomic E-state index is 13.8. The summed E-state index contributed by atoms with van der Waals surface area (Å²) in [6, 6.07) is 9.48. The van der Waals surface area contributed by atoms with Crippen molar-refractivity contribution in [2.75, 3.05) is 19.5 Å². The van der Waals surface area contributed by atoms with E-state index in [1.54, 1.807) is 35.1 Å². The first kappa shape index (κ1) is 22.5. The summed E-state index contributed by atoms with van der Waals surface area (Å²) >= 11 is 0. The minimum atomic E-state index is -0.432. The summed E-state index contributed by atoms with van der Waals surface area (Å²) in [6.07, 6.45) is 4.51. The van der Waals surface area contributed by atoms with Gasteiger partial charge in [-0.1, -0.05) is 6.07 Å². The molecule has 11 heteroatoms. The standard InChI is InChI=1S/C24H23FN6O4/c1-33-23-18(9-16(13-28-23)14-6-7-31-20(10-14)29-24(26)30-31)22(32)27-12-15-4-5-17(25)11-19(15)35-21-3-2-8-34-21/h4-7,9-11,13,21H,2-3,8,12H2,1H3,(H2,26,30)(H,27,32). The summed E-state index contributed by atoms with van der Waals surface area (Å²) in [4.78, 5) is 21.6. The van der Waals surface area contributed by atoms with E-state index in [1.165, 1.54) is 19.2 Å². The average molecular weight is 478 g/mol. The summed E-state index contributed by atoms with van der Waals surface area (Å²) < 4.78 is 32.0. The van der Waals surface area contributed by atoms with Crippen molar-refractivity contribution in [1.29, 1.82) is 0 Å². The number of nitrogen functional groups attached to an aromatic ring is 1. The van der Waals surface area contributed by atoms with Gasteiger partial charge in [0, 0.05) is 42.6 Å². The molecule has 4 heterocycles. The zero-order chi connectivity index (χ0) is 24.4. The van der Waals surface area contributed by atoms with E-state index in [4.69, 9.17) is 19.9 Å². The number of benzene rings is 1. The van der Waals surface area contributed by atoms with Gasteiger partial charge in [0.05, 0.1) is 13.7 Å². The van der Waals surface area contributed by atoms with Crippen LogP contribution in [0.5, 0.6) is 11.6 Å². The fraction of sp³-hybridized carbons (Fsp3) is 0.250. The Hall–Kier alpha value is -4.25. The number of ether oxygens (including phenoxy) is 3. The number of nitrogens with zero attached hydrogens (tertiary/aromatic N) is 4. The number of hydrogen-bond acceptors (Lipinski definition) is 8. The van der Waals surface area contributed by atoms with Crippen molar-refractivity contribution in [3.8, 4) is 22.8 Å². The first-order chi connectivity index (χ1) is 17.0. The lowest BCUT2D eigenvalue weighted by Gasteiger charge is -2.17. The number of hydrogen-bond donors (Lipinski definition) is 2. The number of halogens is 1. The zero-order valence-corrected chi connectivity index (χ0v) is 18.9. The number of methoxy groups -OCH3 is 1. The molecule has 5 rings (SSSR count). The number of fused-ring (bicyclic) bond motifs is 1. The lowest BCUT2D eigenvalue weighted by atomic mass is 10.1. The largest absolute Gasteiger partial charge is 0.480 e. The third-order valence-electron chi connectivity index (χ3n) is 5.59. The van der Waals surface area contributed by atoms with E-state index < -0.39 is 18.0 Å². The molecule has 1 fully saturated rings. The van der Waals surface area contributed by atoms with E-state index in [-0.39, 0.29) is 23.9 Å². The van der Waals surface area contributed by atoms with E-state index in [9.17, 15) is 9.18 Å². The van der Waals surface area contributed by atoms with Crippen LogP contribution < -0.4 is 20.5 Å². The molecule has 1 unspecified atom stereocenters. The van der Waals surface area contributed by atoms with Crippen molar-refractivity contribution in [1.82, 2.24) is 24.9 Å². The minimum Gasteiger partial charge on any atom is -0.480 e. The highest BCUT2D eigenvalue weighted by Gasteiger charge is 2.20. The van der Waals surface area contributed by atoms with Crippen molar-refractivity contribution in [2.24, 2.45) is 0 Å². The summed E-state index contributed by atoms with van der Waals surface area (Å²) in [5.74, 6) is -0.168. The molecule has 0 radical (unpaired) electrons. The lowest BCUT2D eigenvalue weighted by molar-refractivity contribution is -0.0397. The number of pyridine rings is 2. The van der Waals surface area contributed by atoms with Crippen LogP contribution in [0.25, 0.3) is 16.8 Å². The van der Waals surface area contributed by atoms with Crippen molar-refractivity contribution >= 4 is 17.5 Å². The molecule has 3 N–H and O–H groups in total. The Bertz CT molecular complexity index is 1390. The van der Waals surface area contributed by atoms with Crippen LogP contribution in [0.4, 0.5) is 10.3 Å². The second-order valence-electron chi connectivity index (χ2n) is 7.96. The quantitative estimate of drug-likeness (QED) is 0.415. The lowest BCUT2D eigenvalue weighted by Crippen LogP contribution is -2.24. The molecule has 1 aliphatic rings. The van der Waals surface area contributed by atoms with Gasteiger partial charge in [0.15, 0.2) is 11.9 Å². The summed E-state index contributed by atoms with van der Waals surface area (Å²) in [6.45, 7) is 0.714. The van der Waals surface area contributed by atoms with E-state index in [2.05, 4.69) is 20.4 Å². The minimum absolute atomic E-state index is 0.111. The SMILES string of the molecule is COc1ncc(-c2ccn3nc(N)nc3c2)cc1C(=O)NCc1ccc(F)cc1OC1CCCO1. The van der Waals surface area contributed by atoms with Gasteiger partial charge in [-0.3, -0.25) is 4.79 Å². The number of anilines is 1. The van der Waals surface area contributed by atoms with E-state index in [0.29, 0.717) is 29.1 Å². The topological polar surface area (TPSA) is 126 Å². The maximum Gasteiger partial charge on any atom is 0.257 e. The van der Waals surface area contributed by atoms with Crippen LogP contribution >= 0.6 is 0 Å². The molecule has 180 valence electrons. The Morgan fingerprint density at radius 3 is 2.97 bits per heavy atom. The fourth-order valence-corrected chi connectivity index (χ4v) is 3.85. The molecule has 3 aromatic heterocycles. The summed E-state index contributed by atoms with van der Waals surface area (Å²) in [5, 5.41) is 6.90. The van der Waals surface area contributed by atoms with Gasteiger partial charge in [0.25, 0.3) is 5.91 Å². The van der Waals surface area contributed by atoms with E-state index in [1.807, 2.05) is 6.07 Å². The number of carbonyl (C=O) groups excluding carboxylic acids is 1. The second-order valence-corrected chi connectivity index (χ2v) is 7.96. The predicted octanol–water partition coefficient (Wildman–Crippen LogP) is 2.97. The third-order valence-corrected chi connectivity index (χ3v) is 5.59. The fourth-order valence-electron chi connectivity index (χ4n) is 3.85. The highest BCUT2D eigenvalue weighted by atomic mass is 19.1.